The van der Waals surface area contributed by atoms with Crippen LogP contribution in [0.15, 0.2) is 42.1 Å². The molecule has 1 atom stereocenters. The number of hydrogen-bond acceptors (Lipinski definition) is 7. The maximum absolute atomic E-state index is 12.8. The van der Waals surface area contributed by atoms with Gasteiger partial charge >= 0.3 is 0 Å². The molecule has 1 aliphatic carbocycles. The minimum Gasteiger partial charge on any atom is -0.507 e. The van der Waals surface area contributed by atoms with Crippen molar-refractivity contribution in [2.45, 2.75) is 25.7 Å². The highest BCUT2D eigenvalue weighted by Gasteiger charge is 2.22. The van der Waals surface area contributed by atoms with Crippen LogP contribution in [0.1, 0.15) is 30.7 Å². The molecule has 1 unspecified atom stereocenters. The maximum atomic E-state index is 12.8. The maximum Gasteiger partial charge on any atom is 0.247 e. The van der Waals surface area contributed by atoms with E-state index in [0.29, 0.717) is 48.1 Å². The summed E-state index contributed by atoms with van der Waals surface area (Å²) >= 11 is 0. The number of phenolic OH excluding ortho intramolecular Hbond substituents is 1. The van der Waals surface area contributed by atoms with Gasteiger partial charge in [0.2, 0.25) is 11.8 Å². The lowest BCUT2D eigenvalue weighted by atomic mass is 9.99. The SMILES string of the molecule is COc1ncccc1-c1ccc(O)c(-c2nc3c([nH]2)CCC(C(=O)NCCN2CCCC(CO)C2)=C3)c1. The molecule has 1 saturated heterocycles. The minimum absolute atomic E-state index is 0.0700. The number of aryl methyl sites for hydroxylation is 1. The van der Waals surface area contributed by atoms with E-state index in [2.05, 4.69) is 20.2 Å². The molecule has 3 heterocycles. The Hall–Kier alpha value is -3.69. The first kappa shape index (κ1) is 25.0. The lowest BCUT2D eigenvalue weighted by Crippen LogP contribution is -2.41. The molecular formula is C28H33N5O4. The summed E-state index contributed by atoms with van der Waals surface area (Å²) in [6, 6.07) is 9.07. The van der Waals surface area contributed by atoms with Crippen LogP contribution in [-0.4, -0.2) is 75.9 Å². The van der Waals surface area contributed by atoms with Gasteiger partial charge in [0.15, 0.2) is 0 Å². The van der Waals surface area contributed by atoms with Crippen LogP contribution >= 0.6 is 0 Å². The number of amides is 1. The van der Waals surface area contributed by atoms with Crippen molar-refractivity contribution < 1.29 is 19.7 Å². The van der Waals surface area contributed by atoms with Gasteiger partial charge in [-0.25, -0.2) is 9.97 Å². The lowest BCUT2D eigenvalue weighted by molar-refractivity contribution is -0.117. The average molecular weight is 504 g/mol. The molecule has 1 aromatic carbocycles. The average Bonchev–Trinajstić information content (AvgIpc) is 3.36. The van der Waals surface area contributed by atoms with E-state index in [4.69, 9.17) is 9.72 Å². The molecule has 0 radical (unpaired) electrons. The van der Waals surface area contributed by atoms with Crippen molar-refractivity contribution in [2.75, 3.05) is 39.9 Å². The van der Waals surface area contributed by atoms with Gasteiger partial charge in [-0.15, -0.1) is 0 Å². The van der Waals surface area contributed by atoms with Crippen molar-refractivity contribution in [2.24, 2.45) is 5.92 Å². The zero-order chi connectivity index (χ0) is 25.8. The summed E-state index contributed by atoms with van der Waals surface area (Å²) in [6.07, 6.45) is 6.95. The lowest BCUT2D eigenvalue weighted by Gasteiger charge is -2.31. The number of aromatic amines is 1. The number of aromatic nitrogens is 3. The van der Waals surface area contributed by atoms with E-state index in [-0.39, 0.29) is 18.3 Å². The Morgan fingerprint density at radius 2 is 2.16 bits per heavy atom. The molecule has 1 fully saturated rings. The summed E-state index contributed by atoms with van der Waals surface area (Å²) in [5.41, 5.74) is 4.60. The molecule has 9 nitrogen and oxygen atoms in total. The topological polar surface area (TPSA) is 124 Å². The first-order chi connectivity index (χ1) is 18.1. The van der Waals surface area contributed by atoms with Gasteiger partial charge in [0.1, 0.15) is 11.6 Å². The van der Waals surface area contributed by atoms with Crippen molar-refractivity contribution in [3.05, 3.63) is 53.5 Å². The molecule has 0 spiro atoms. The number of phenols is 1. The van der Waals surface area contributed by atoms with Crippen molar-refractivity contribution in [3.8, 4) is 34.1 Å². The number of imidazole rings is 1. The van der Waals surface area contributed by atoms with Crippen LogP contribution in [0.3, 0.4) is 0 Å². The molecule has 5 rings (SSSR count). The molecule has 2 aliphatic rings. The number of pyridine rings is 1. The summed E-state index contributed by atoms with van der Waals surface area (Å²) in [5, 5.41) is 23.1. The Labute approximate surface area is 216 Å². The van der Waals surface area contributed by atoms with Gasteiger partial charge in [-0.05, 0) is 74.1 Å². The fourth-order valence-corrected chi connectivity index (χ4v) is 5.15. The molecule has 1 amide bonds. The summed E-state index contributed by atoms with van der Waals surface area (Å²) in [6.45, 7) is 3.48. The number of ether oxygens (including phenoxy) is 1. The van der Waals surface area contributed by atoms with Crippen molar-refractivity contribution in [1.82, 2.24) is 25.2 Å². The quantitative estimate of drug-likeness (QED) is 0.373. The van der Waals surface area contributed by atoms with E-state index in [1.807, 2.05) is 30.3 Å². The molecule has 194 valence electrons. The Morgan fingerprint density at radius 3 is 3.00 bits per heavy atom. The highest BCUT2D eigenvalue weighted by molar-refractivity contribution is 5.98. The van der Waals surface area contributed by atoms with Crippen LogP contribution in [0, 0.1) is 5.92 Å². The molecule has 3 aromatic rings. The Morgan fingerprint density at radius 1 is 1.27 bits per heavy atom. The number of benzene rings is 1. The number of fused-ring (bicyclic) bond motifs is 1. The number of aliphatic hydroxyl groups excluding tert-OH is 1. The summed E-state index contributed by atoms with van der Waals surface area (Å²) in [5.74, 6) is 1.43. The second kappa shape index (κ2) is 11.1. The van der Waals surface area contributed by atoms with E-state index >= 15 is 0 Å². The normalized spacial score (nSPS) is 17.7. The molecule has 37 heavy (non-hydrogen) atoms. The molecule has 1 aliphatic heterocycles. The fourth-order valence-electron chi connectivity index (χ4n) is 5.15. The van der Waals surface area contributed by atoms with Gasteiger partial charge in [-0.2, -0.15) is 0 Å². The van der Waals surface area contributed by atoms with Crippen LogP contribution in [0.5, 0.6) is 11.6 Å². The number of nitrogens with one attached hydrogen (secondary N) is 2. The van der Waals surface area contributed by atoms with E-state index in [0.717, 1.165) is 55.0 Å². The Kier molecular flexibility index (Phi) is 7.52. The Bertz CT molecular complexity index is 1300. The molecule has 0 saturated carbocycles. The number of nitrogens with zero attached hydrogens (tertiary/aromatic N) is 3. The first-order valence-corrected chi connectivity index (χ1v) is 12.8. The number of piperidine rings is 1. The van der Waals surface area contributed by atoms with Crippen LogP contribution in [0.25, 0.3) is 28.6 Å². The van der Waals surface area contributed by atoms with Crippen molar-refractivity contribution in [1.29, 1.82) is 0 Å². The molecule has 4 N–H and O–H groups in total. The number of likely N-dealkylation sites (tertiary alicyclic amines) is 1. The molecule has 9 heteroatoms. The number of rotatable bonds is 8. The first-order valence-electron chi connectivity index (χ1n) is 12.8. The fraction of sp³-hybridized carbons (Fsp3) is 0.393. The van der Waals surface area contributed by atoms with Gasteiger partial charge in [0.25, 0.3) is 0 Å². The van der Waals surface area contributed by atoms with Gasteiger partial charge in [-0.1, -0.05) is 6.07 Å². The van der Waals surface area contributed by atoms with Crippen LogP contribution < -0.4 is 10.1 Å². The standard InChI is InChI=1S/C28H33N5O4/c1-37-28-21(5-2-10-30-28)19-7-9-25(35)22(14-19)26-31-23-8-6-20(15-24(23)32-26)27(36)29-11-13-33-12-3-4-18(16-33)17-34/h2,5,7,9-10,14-15,18,34-35H,3-4,6,8,11-13,16-17H2,1H3,(H,29,36)(H,31,32). The number of hydrogen-bond donors (Lipinski definition) is 4. The van der Waals surface area contributed by atoms with Gasteiger partial charge in [0.05, 0.1) is 18.4 Å². The zero-order valence-corrected chi connectivity index (χ0v) is 21.0. The second-order valence-corrected chi connectivity index (χ2v) is 9.66. The van der Waals surface area contributed by atoms with Gasteiger partial charge < -0.3 is 30.2 Å². The van der Waals surface area contributed by atoms with Crippen LogP contribution in [-0.2, 0) is 11.2 Å². The summed E-state index contributed by atoms with van der Waals surface area (Å²) in [7, 11) is 1.58. The van der Waals surface area contributed by atoms with Crippen molar-refractivity contribution in [3.63, 3.8) is 0 Å². The van der Waals surface area contributed by atoms with E-state index in [1.54, 1.807) is 19.4 Å². The summed E-state index contributed by atoms with van der Waals surface area (Å²) < 4.78 is 5.39. The monoisotopic (exact) mass is 503 g/mol. The third-order valence-corrected chi connectivity index (χ3v) is 7.16. The number of aliphatic hydroxyl groups is 1. The van der Waals surface area contributed by atoms with Crippen LogP contribution in [0.4, 0.5) is 0 Å². The minimum atomic E-state index is -0.0700. The predicted octanol–water partition coefficient (Wildman–Crippen LogP) is 3.00. The highest BCUT2D eigenvalue weighted by Crippen LogP contribution is 2.36. The number of aromatic hydroxyl groups is 1. The zero-order valence-electron chi connectivity index (χ0n) is 21.0. The van der Waals surface area contributed by atoms with Gasteiger partial charge in [-0.3, -0.25) is 4.79 Å². The van der Waals surface area contributed by atoms with E-state index in [9.17, 15) is 15.0 Å². The second-order valence-electron chi connectivity index (χ2n) is 9.66. The van der Waals surface area contributed by atoms with Gasteiger partial charge in [0, 0.05) is 49.3 Å². The van der Waals surface area contributed by atoms with E-state index < -0.39 is 0 Å². The third kappa shape index (κ3) is 5.52. The molecule has 0 bridgehead atoms. The third-order valence-electron chi connectivity index (χ3n) is 7.16. The predicted molar refractivity (Wildman–Crippen MR) is 141 cm³/mol. The largest absolute Gasteiger partial charge is 0.507 e. The summed E-state index contributed by atoms with van der Waals surface area (Å²) in [4.78, 5) is 27.4. The number of H-pyrrole nitrogens is 1. The molecule has 2 aromatic heterocycles. The van der Waals surface area contributed by atoms with E-state index in [1.165, 1.54) is 0 Å². The smallest absolute Gasteiger partial charge is 0.247 e. The van der Waals surface area contributed by atoms with Crippen LogP contribution in [0.2, 0.25) is 0 Å². The number of carbonyl (C=O) groups excluding carboxylic acids is 1. The molecular weight excluding hydrogens is 470 g/mol. The Balaban J connectivity index is 1.29. The number of methoxy groups -OCH3 is 1. The highest BCUT2D eigenvalue weighted by atomic mass is 16.5. The van der Waals surface area contributed by atoms with Crippen molar-refractivity contribution >= 4 is 12.0 Å². The number of carbonyl (C=O) groups is 1.